The van der Waals surface area contributed by atoms with Crippen LogP contribution in [-0.4, -0.2) is 25.0 Å². The molecule has 4 atom stereocenters. The van der Waals surface area contributed by atoms with Crippen LogP contribution in [0.25, 0.3) is 0 Å². The van der Waals surface area contributed by atoms with E-state index in [2.05, 4.69) is 10.6 Å². The van der Waals surface area contributed by atoms with E-state index in [0.29, 0.717) is 12.5 Å². The van der Waals surface area contributed by atoms with Crippen LogP contribution in [0.4, 0.5) is 0 Å². The Labute approximate surface area is 116 Å². The van der Waals surface area contributed by atoms with Gasteiger partial charge in [0, 0.05) is 19.0 Å². The fourth-order valence-corrected chi connectivity index (χ4v) is 4.44. The molecule has 2 aliphatic carbocycles. The van der Waals surface area contributed by atoms with Crippen molar-refractivity contribution in [3.05, 3.63) is 0 Å². The Balaban J connectivity index is 1.30. The lowest BCUT2D eigenvalue weighted by Gasteiger charge is -2.24. The summed E-state index contributed by atoms with van der Waals surface area (Å²) in [6.45, 7) is 2.08. The minimum atomic E-state index is 0.273. The van der Waals surface area contributed by atoms with Gasteiger partial charge in [0.15, 0.2) is 0 Å². The summed E-state index contributed by atoms with van der Waals surface area (Å²) in [5.74, 6) is 2.97. The number of hydrogen-bond acceptors (Lipinski definition) is 2. The van der Waals surface area contributed by atoms with E-state index in [-0.39, 0.29) is 5.91 Å². The van der Waals surface area contributed by atoms with Crippen LogP contribution in [0.2, 0.25) is 0 Å². The highest BCUT2D eigenvalue weighted by molar-refractivity contribution is 5.75. The monoisotopic (exact) mass is 264 g/mol. The molecule has 108 valence electrons. The van der Waals surface area contributed by atoms with E-state index in [1.54, 1.807) is 0 Å². The number of rotatable bonds is 5. The van der Waals surface area contributed by atoms with Crippen LogP contribution in [0.15, 0.2) is 0 Å². The van der Waals surface area contributed by atoms with Crippen molar-refractivity contribution in [2.24, 2.45) is 17.8 Å². The van der Waals surface area contributed by atoms with E-state index in [0.717, 1.165) is 37.3 Å². The van der Waals surface area contributed by atoms with Crippen molar-refractivity contribution in [2.45, 2.75) is 63.8 Å². The van der Waals surface area contributed by atoms with Crippen LogP contribution >= 0.6 is 0 Å². The molecular weight excluding hydrogens is 236 g/mol. The molecular formula is C16H28N2O. The molecule has 2 saturated carbocycles. The van der Waals surface area contributed by atoms with Gasteiger partial charge in [-0.3, -0.25) is 4.79 Å². The van der Waals surface area contributed by atoms with Gasteiger partial charge in [-0.05, 0) is 62.8 Å². The van der Waals surface area contributed by atoms with E-state index in [4.69, 9.17) is 0 Å². The molecule has 2 N–H and O–H groups in total. The topological polar surface area (TPSA) is 41.1 Å². The Morgan fingerprint density at radius 2 is 2.11 bits per heavy atom. The molecule has 1 aliphatic heterocycles. The fraction of sp³-hybridized carbons (Fsp3) is 0.938. The van der Waals surface area contributed by atoms with E-state index in [9.17, 15) is 4.79 Å². The van der Waals surface area contributed by atoms with Gasteiger partial charge in [0.25, 0.3) is 0 Å². The third kappa shape index (κ3) is 3.50. The van der Waals surface area contributed by atoms with E-state index >= 15 is 0 Å². The second-order valence-corrected chi connectivity index (χ2v) is 6.92. The highest BCUT2D eigenvalue weighted by atomic mass is 16.1. The smallest absolute Gasteiger partial charge is 0.220 e. The first kappa shape index (κ1) is 13.4. The highest BCUT2D eigenvalue weighted by Gasteiger charge is 2.39. The first-order valence-electron chi connectivity index (χ1n) is 8.31. The van der Waals surface area contributed by atoms with Gasteiger partial charge in [0.05, 0.1) is 0 Å². The molecule has 3 fully saturated rings. The van der Waals surface area contributed by atoms with Crippen molar-refractivity contribution >= 4 is 5.91 Å². The van der Waals surface area contributed by atoms with Crippen LogP contribution in [0, 0.1) is 17.8 Å². The van der Waals surface area contributed by atoms with Crippen LogP contribution in [-0.2, 0) is 4.79 Å². The Morgan fingerprint density at radius 3 is 2.79 bits per heavy atom. The van der Waals surface area contributed by atoms with Crippen LogP contribution in [0.3, 0.4) is 0 Å². The molecule has 3 rings (SSSR count). The van der Waals surface area contributed by atoms with Crippen molar-refractivity contribution < 1.29 is 4.79 Å². The van der Waals surface area contributed by atoms with Crippen LogP contribution in [0.5, 0.6) is 0 Å². The van der Waals surface area contributed by atoms with Gasteiger partial charge in [-0.25, -0.2) is 0 Å². The third-order valence-corrected chi connectivity index (χ3v) is 5.58. The molecule has 1 saturated heterocycles. The Kier molecular flexibility index (Phi) is 4.42. The van der Waals surface area contributed by atoms with Gasteiger partial charge in [0.2, 0.25) is 5.91 Å². The zero-order valence-electron chi connectivity index (χ0n) is 12.0. The van der Waals surface area contributed by atoms with Crippen LogP contribution in [0.1, 0.15) is 57.8 Å². The van der Waals surface area contributed by atoms with Gasteiger partial charge in [-0.2, -0.15) is 0 Å². The number of amides is 1. The van der Waals surface area contributed by atoms with Crippen molar-refractivity contribution in [1.82, 2.24) is 10.6 Å². The van der Waals surface area contributed by atoms with Gasteiger partial charge in [-0.15, -0.1) is 0 Å². The number of carbonyl (C=O) groups is 1. The molecule has 19 heavy (non-hydrogen) atoms. The molecule has 0 aromatic heterocycles. The molecule has 3 aliphatic rings. The fourth-order valence-electron chi connectivity index (χ4n) is 4.44. The number of hydrogen-bond donors (Lipinski definition) is 2. The summed E-state index contributed by atoms with van der Waals surface area (Å²) >= 11 is 0. The summed E-state index contributed by atoms with van der Waals surface area (Å²) in [4.78, 5) is 11.9. The number of carbonyl (C=O) groups excluding carboxylic acids is 1. The maximum Gasteiger partial charge on any atom is 0.220 e. The number of nitrogens with one attached hydrogen (secondary N) is 2. The minimum Gasteiger partial charge on any atom is -0.356 e. The molecule has 0 radical (unpaired) electrons. The maximum absolute atomic E-state index is 11.9. The van der Waals surface area contributed by atoms with Crippen molar-refractivity contribution in [3.8, 4) is 0 Å². The summed E-state index contributed by atoms with van der Waals surface area (Å²) in [5.41, 5.74) is 0. The summed E-state index contributed by atoms with van der Waals surface area (Å²) in [5, 5.41) is 6.70. The Morgan fingerprint density at radius 1 is 1.16 bits per heavy atom. The summed E-state index contributed by atoms with van der Waals surface area (Å²) in [6.07, 6.45) is 11.3. The molecule has 2 bridgehead atoms. The lowest BCUT2D eigenvalue weighted by molar-refractivity contribution is -0.121. The highest BCUT2D eigenvalue weighted by Crippen LogP contribution is 2.47. The average molecular weight is 264 g/mol. The lowest BCUT2D eigenvalue weighted by atomic mass is 9.89. The predicted octanol–water partition coefficient (Wildman–Crippen LogP) is 2.46. The SMILES string of the molecule is O=C(CCC1CCCCN1)NCC1CC2CCC1C2. The second-order valence-electron chi connectivity index (χ2n) is 6.92. The first-order chi connectivity index (χ1) is 9.31. The standard InChI is InChI=1S/C16H28N2O/c19-16(7-6-15-3-1-2-8-17-15)18-11-14-10-12-4-5-13(14)9-12/h12-15,17H,1-11H2,(H,18,19). The zero-order valence-corrected chi connectivity index (χ0v) is 12.0. The minimum absolute atomic E-state index is 0.273. The molecule has 0 aromatic carbocycles. The molecule has 3 heteroatoms. The van der Waals surface area contributed by atoms with Crippen molar-refractivity contribution in [2.75, 3.05) is 13.1 Å². The first-order valence-corrected chi connectivity index (χ1v) is 8.31. The van der Waals surface area contributed by atoms with E-state index in [1.165, 1.54) is 44.9 Å². The van der Waals surface area contributed by atoms with E-state index < -0.39 is 0 Å². The summed E-state index contributed by atoms with van der Waals surface area (Å²) in [6, 6.07) is 0.585. The molecule has 1 heterocycles. The van der Waals surface area contributed by atoms with E-state index in [1.807, 2.05) is 0 Å². The quantitative estimate of drug-likeness (QED) is 0.801. The lowest BCUT2D eigenvalue weighted by Crippen LogP contribution is -2.36. The Hall–Kier alpha value is -0.570. The average Bonchev–Trinajstić information content (AvgIpc) is 3.06. The molecule has 1 amide bonds. The van der Waals surface area contributed by atoms with Crippen LogP contribution < -0.4 is 10.6 Å². The largest absolute Gasteiger partial charge is 0.356 e. The van der Waals surface area contributed by atoms with Gasteiger partial charge in [0.1, 0.15) is 0 Å². The Bertz CT molecular complexity index is 312. The third-order valence-electron chi connectivity index (χ3n) is 5.58. The summed E-state index contributed by atoms with van der Waals surface area (Å²) < 4.78 is 0. The normalized spacial score (nSPS) is 37.5. The van der Waals surface area contributed by atoms with Gasteiger partial charge in [-0.1, -0.05) is 12.8 Å². The molecule has 0 aromatic rings. The summed E-state index contributed by atoms with van der Waals surface area (Å²) in [7, 11) is 0. The number of fused-ring (bicyclic) bond motifs is 2. The molecule has 0 spiro atoms. The zero-order chi connectivity index (χ0) is 13.1. The molecule has 3 nitrogen and oxygen atoms in total. The van der Waals surface area contributed by atoms with Crippen molar-refractivity contribution in [3.63, 3.8) is 0 Å². The second kappa shape index (κ2) is 6.25. The molecule has 4 unspecified atom stereocenters. The van der Waals surface area contributed by atoms with Gasteiger partial charge < -0.3 is 10.6 Å². The van der Waals surface area contributed by atoms with Gasteiger partial charge >= 0.3 is 0 Å². The maximum atomic E-state index is 11.9. The predicted molar refractivity (Wildman–Crippen MR) is 76.8 cm³/mol. The number of piperidine rings is 1. The van der Waals surface area contributed by atoms with Crippen molar-refractivity contribution in [1.29, 1.82) is 0 Å².